The predicted molar refractivity (Wildman–Crippen MR) is 108 cm³/mol. The average molecular weight is 410 g/mol. The lowest BCUT2D eigenvalue weighted by Crippen LogP contribution is -2.25. The monoisotopic (exact) mass is 410 g/mol. The Kier molecular flexibility index (Phi) is 5.77. The molecule has 10 heteroatoms. The summed E-state index contributed by atoms with van der Waals surface area (Å²) in [6.45, 7) is 1.02. The Morgan fingerprint density at radius 1 is 1.13 bits per heavy atom. The molecule has 3 aromatic rings. The fraction of sp³-hybridized carbons (Fsp3) is 0.150. The summed E-state index contributed by atoms with van der Waals surface area (Å²) in [6, 6.07) is 13.9. The molecule has 1 aromatic heterocycles. The second-order valence-corrected chi connectivity index (χ2v) is 6.37. The maximum Gasteiger partial charge on any atom is 0.338 e. The first-order valence-electron chi connectivity index (χ1n) is 8.85. The Hall–Kier alpha value is -4.21. The van der Waals surface area contributed by atoms with Crippen LogP contribution in [0.25, 0.3) is 5.69 Å². The molecule has 1 amide bonds. The van der Waals surface area contributed by atoms with Crippen LogP contribution in [0.1, 0.15) is 16.1 Å². The van der Waals surface area contributed by atoms with E-state index in [1.165, 1.54) is 22.9 Å². The lowest BCUT2D eigenvalue weighted by molar-refractivity contribution is -0.384. The molecule has 30 heavy (non-hydrogen) atoms. The van der Waals surface area contributed by atoms with Gasteiger partial charge >= 0.3 is 5.97 Å². The highest BCUT2D eigenvalue weighted by molar-refractivity contribution is 5.96. The van der Waals surface area contributed by atoms with Crippen molar-refractivity contribution in [3.8, 4) is 5.69 Å². The number of rotatable bonds is 6. The quantitative estimate of drug-likeness (QED) is 0.377. The SMILES string of the molecule is Cc1c(NC(=O)COC(=O)c2cccc([N+](=O)[O-])c2)c(=O)n(-c2ccccc2)n1C. The van der Waals surface area contributed by atoms with Gasteiger partial charge in [-0.15, -0.1) is 0 Å². The van der Waals surface area contributed by atoms with Crippen molar-refractivity contribution >= 4 is 23.3 Å². The molecule has 0 spiro atoms. The Balaban J connectivity index is 1.71. The van der Waals surface area contributed by atoms with Crippen LogP contribution in [-0.4, -0.2) is 32.8 Å². The molecule has 0 unspecified atom stereocenters. The number of benzene rings is 2. The van der Waals surface area contributed by atoms with Gasteiger partial charge in [-0.2, -0.15) is 0 Å². The standard InChI is InChI=1S/C20H18N4O6/c1-13-18(19(26)23(22(13)2)15-8-4-3-5-9-15)21-17(25)12-30-20(27)14-7-6-10-16(11-14)24(28)29/h3-11H,12H2,1-2H3,(H,21,25). The average Bonchev–Trinajstić information content (AvgIpc) is 2.95. The van der Waals surface area contributed by atoms with Crippen molar-refractivity contribution in [3.05, 3.63) is 86.3 Å². The number of non-ortho nitro benzene ring substituents is 1. The van der Waals surface area contributed by atoms with Crippen molar-refractivity contribution in [2.75, 3.05) is 11.9 Å². The minimum Gasteiger partial charge on any atom is -0.452 e. The Labute approximate surface area is 170 Å². The summed E-state index contributed by atoms with van der Waals surface area (Å²) in [7, 11) is 1.68. The molecule has 0 fully saturated rings. The summed E-state index contributed by atoms with van der Waals surface area (Å²) in [5, 5.41) is 13.3. The van der Waals surface area contributed by atoms with Gasteiger partial charge in [-0.25, -0.2) is 9.48 Å². The summed E-state index contributed by atoms with van der Waals surface area (Å²) < 4.78 is 7.91. The highest BCUT2D eigenvalue weighted by atomic mass is 16.6. The molecule has 10 nitrogen and oxygen atoms in total. The van der Waals surface area contributed by atoms with E-state index in [4.69, 9.17) is 4.74 Å². The van der Waals surface area contributed by atoms with Gasteiger partial charge in [-0.05, 0) is 25.1 Å². The van der Waals surface area contributed by atoms with Crippen LogP contribution in [-0.2, 0) is 16.6 Å². The number of hydrogen-bond donors (Lipinski definition) is 1. The lowest BCUT2D eigenvalue weighted by atomic mass is 10.2. The summed E-state index contributed by atoms with van der Waals surface area (Å²) in [5.41, 5.74) is 0.458. The summed E-state index contributed by atoms with van der Waals surface area (Å²) >= 11 is 0. The van der Waals surface area contributed by atoms with Crippen LogP contribution >= 0.6 is 0 Å². The number of amides is 1. The van der Waals surface area contributed by atoms with Crippen LogP contribution in [0, 0.1) is 17.0 Å². The molecule has 0 aliphatic carbocycles. The van der Waals surface area contributed by atoms with Gasteiger partial charge < -0.3 is 10.1 Å². The zero-order valence-electron chi connectivity index (χ0n) is 16.2. The van der Waals surface area contributed by atoms with E-state index in [9.17, 15) is 24.5 Å². The van der Waals surface area contributed by atoms with Crippen LogP contribution in [0.2, 0.25) is 0 Å². The molecule has 0 saturated carbocycles. The Bertz CT molecular complexity index is 1180. The van der Waals surface area contributed by atoms with Gasteiger partial charge in [0, 0.05) is 19.2 Å². The van der Waals surface area contributed by atoms with Crippen molar-refractivity contribution in [3.63, 3.8) is 0 Å². The smallest absolute Gasteiger partial charge is 0.338 e. The molecule has 0 saturated heterocycles. The number of para-hydroxylation sites is 1. The van der Waals surface area contributed by atoms with E-state index in [0.29, 0.717) is 11.4 Å². The highest BCUT2D eigenvalue weighted by Crippen LogP contribution is 2.15. The number of nitro benzene ring substituents is 1. The normalized spacial score (nSPS) is 10.5. The van der Waals surface area contributed by atoms with Gasteiger partial charge in [0.25, 0.3) is 17.2 Å². The zero-order valence-corrected chi connectivity index (χ0v) is 16.2. The third-order valence-corrected chi connectivity index (χ3v) is 4.45. The van der Waals surface area contributed by atoms with Crippen molar-refractivity contribution in [2.24, 2.45) is 7.05 Å². The topological polar surface area (TPSA) is 125 Å². The highest BCUT2D eigenvalue weighted by Gasteiger charge is 2.19. The minimum absolute atomic E-state index is 0.0562. The van der Waals surface area contributed by atoms with Crippen molar-refractivity contribution in [2.45, 2.75) is 6.92 Å². The predicted octanol–water partition coefficient (Wildman–Crippen LogP) is 2.19. The van der Waals surface area contributed by atoms with Crippen LogP contribution in [0.3, 0.4) is 0 Å². The van der Waals surface area contributed by atoms with Crippen LogP contribution in [0.5, 0.6) is 0 Å². The van der Waals surface area contributed by atoms with Crippen LogP contribution < -0.4 is 10.9 Å². The van der Waals surface area contributed by atoms with E-state index >= 15 is 0 Å². The van der Waals surface area contributed by atoms with Gasteiger partial charge in [-0.1, -0.05) is 24.3 Å². The van der Waals surface area contributed by atoms with Crippen LogP contribution in [0.4, 0.5) is 11.4 Å². The third kappa shape index (κ3) is 4.12. The Morgan fingerprint density at radius 2 is 1.83 bits per heavy atom. The summed E-state index contributed by atoms with van der Waals surface area (Å²) in [5.74, 6) is -1.60. The first-order chi connectivity index (χ1) is 14.3. The molecule has 0 bridgehead atoms. The number of nitrogens with one attached hydrogen (secondary N) is 1. The minimum atomic E-state index is -0.889. The number of aromatic nitrogens is 2. The third-order valence-electron chi connectivity index (χ3n) is 4.45. The van der Waals surface area contributed by atoms with E-state index < -0.39 is 29.0 Å². The van der Waals surface area contributed by atoms with Crippen molar-refractivity contribution in [1.29, 1.82) is 0 Å². The molecular weight excluding hydrogens is 392 g/mol. The summed E-state index contributed by atoms with van der Waals surface area (Å²) in [4.78, 5) is 47.2. The molecule has 0 aliphatic heterocycles. The molecule has 2 aromatic carbocycles. The van der Waals surface area contributed by atoms with Crippen LogP contribution in [0.15, 0.2) is 59.4 Å². The number of anilines is 1. The van der Waals surface area contributed by atoms with Crippen molar-refractivity contribution < 1.29 is 19.2 Å². The van der Waals surface area contributed by atoms with Gasteiger partial charge in [0.05, 0.1) is 21.9 Å². The van der Waals surface area contributed by atoms with Crippen molar-refractivity contribution in [1.82, 2.24) is 9.36 Å². The fourth-order valence-corrected chi connectivity index (χ4v) is 2.85. The molecule has 0 radical (unpaired) electrons. The molecule has 3 rings (SSSR count). The zero-order chi connectivity index (χ0) is 21.8. The number of hydrogen-bond acceptors (Lipinski definition) is 6. The fourth-order valence-electron chi connectivity index (χ4n) is 2.85. The largest absolute Gasteiger partial charge is 0.452 e. The van der Waals surface area contributed by atoms with E-state index in [0.717, 1.165) is 6.07 Å². The van der Waals surface area contributed by atoms with E-state index in [2.05, 4.69) is 5.32 Å². The molecule has 0 atom stereocenters. The second-order valence-electron chi connectivity index (χ2n) is 6.37. The van der Waals surface area contributed by atoms with E-state index in [1.54, 1.807) is 42.9 Å². The van der Waals surface area contributed by atoms with E-state index in [-0.39, 0.29) is 16.9 Å². The maximum atomic E-state index is 12.8. The molecule has 0 aliphatic rings. The molecule has 1 heterocycles. The number of carbonyl (C=O) groups excluding carboxylic acids is 2. The number of ether oxygens (including phenoxy) is 1. The maximum absolute atomic E-state index is 12.8. The van der Waals surface area contributed by atoms with Gasteiger partial charge in [-0.3, -0.25) is 24.4 Å². The lowest BCUT2D eigenvalue weighted by Gasteiger charge is -2.07. The second kappa shape index (κ2) is 8.43. The number of nitrogens with zero attached hydrogens (tertiary/aromatic N) is 3. The Morgan fingerprint density at radius 3 is 2.50 bits per heavy atom. The number of carbonyl (C=O) groups is 2. The first-order valence-corrected chi connectivity index (χ1v) is 8.85. The first kappa shape index (κ1) is 20.5. The van der Waals surface area contributed by atoms with E-state index in [1.807, 2.05) is 6.07 Å². The molecule has 154 valence electrons. The molecule has 1 N–H and O–H groups in total. The number of esters is 1. The van der Waals surface area contributed by atoms with Gasteiger partial charge in [0.1, 0.15) is 5.69 Å². The number of nitro groups is 1. The molecular formula is C20H18N4O6. The summed E-state index contributed by atoms with van der Waals surface area (Å²) in [6.07, 6.45) is 0. The van der Waals surface area contributed by atoms with Gasteiger partial charge in [0.2, 0.25) is 0 Å². The van der Waals surface area contributed by atoms with Gasteiger partial charge in [0.15, 0.2) is 6.61 Å².